The highest BCUT2D eigenvalue weighted by Gasteiger charge is 2.14. The number of aromatic carboxylic acids is 1. The van der Waals surface area contributed by atoms with E-state index in [1.807, 2.05) is 24.3 Å². The average molecular weight is 254 g/mol. The third kappa shape index (κ3) is 1.83. The average Bonchev–Trinajstić information content (AvgIpc) is 2.80. The molecule has 0 fully saturated rings. The van der Waals surface area contributed by atoms with Crippen LogP contribution in [0.2, 0.25) is 0 Å². The van der Waals surface area contributed by atoms with Crippen LogP contribution < -0.4 is 0 Å². The number of fused-ring (bicyclic) bond motifs is 1. The first kappa shape index (κ1) is 11.3. The number of carboxylic acid groups (broad SMARTS) is 1. The van der Waals surface area contributed by atoms with Gasteiger partial charge in [0.15, 0.2) is 0 Å². The second-order valence-electron chi connectivity index (χ2n) is 4.12. The number of nitrogens with zero attached hydrogens (tertiary/aromatic N) is 4. The number of hydrogen-bond donors (Lipinski definition) is 1. The number of carbonyl (C=O) groups is 1. The molecule has 0 bridgehead atoms. The molecule has 1 aromatic carbocycles. The zero-order chi connectivity index (χ0) is 13.4. The standard InChI is InChI=1S/C13H10N4O2/c1-8-10(13(18)19)7-17(16-8)12-6-14-15-11-5-3-2-4-9(11)12/h2-7H,1H3,(H,18,19). The summed E-state index contributed by atoms with van der Waals surface area (Å²) in [4.78, 5) is 11.0. The number of hydrogen-bond acceptors (Lipinski definition) is 4. The fourth-order valence-corrected chi connectivity index (χ4v) is 1.97. The molecule has 3 rings (SSSR count). The smallest absolute Gasteiger partial charge is 0.339 e. The van der Waals surface area contributed by atoms with Gasteiger partial charge in [0, 0.05) is 11.6 Å². The molecule has 2 aromatic heterocycles. The zero-order valence-electron chi connectivity index (χ0n) is 10.1. The Bertz CT molecular complexity index is 774. The molecule has 0 unspecified atom stereocenters. The Morgan fingerprint density at radius 1 is 1.32 bits per heavy atom. The number of benzene rings is 1. The van der Waals surface area contributed by atoms with E-state index in [1.54, 1.807) is 13.1 Å². The van der Waals surface area contributed by atoms with E-state index in [0.717, 1.165) is 10.9 Å². The SMILES string of the molecule is Cc1nn(-c2cnnc3ccccc23)cc1C(=O)O. The largest absolute Gasteiger partial charge is 0.478 e. The maximum atomic E-state index is 11.0. The fraction of sp³-hybridized carbons (Fsp3) is 0.0769. The van der Waals surface area contributed by atoms with Crippen LogP contribution in [0.5, 0.6) is 0 Å². The molecule has 0 spiro atoms. The normalized spacial score (nSPS) is 10.8. The van der Waals surface area contributed by atoms with Gasteiger partial charge in [-0.1, -0.05) is 18.2 Å². The first-order valence-electron chi connectivity index (χ1n) is 5.67. The van der Waals surface area contributed by atoms with Crippen LogP contribution in [0.4, 0.5) is 0 Å². The Balaban J connectivity index is 2.25. The van der Waals surface area contributed by atoms with Crippen molar-refractivity contribution in [1.29, 1.82) is 0 Å². The predicted molar refractivity (Wildman–Crippen MR) is 68.4 cm³/mol. The van der Waals surface area contributed by atoms with E-state index in [4.69, 9.17) is 5.11 Å². The Kier molecular flexibility index (Phi) is 2.49. The fourth-order valence-electron chi connectivity index (χ4n) is 1.97. The highest BCUT2D eigenvalue weighted by atomic mass is 16.4. The summed E-state index contributed by atoms with van der Waals surface area (Å²) in [6.45, 7) is 1.66. The quantitative estimate of drug-likeness (QED) is 0.754. The summed E-state index contributed by atoms with van der Waals surface area (Å²) in [6.07, 6.45) is 3.06. The molecule has 0 saturated carbocycles. The molecular weight excluding hydrogens is 244 g/mol. The molecule has 0 saturated heterocycles. The molecule has 6 heteroatoms. The second-order valence-corrected chi connectivity index (χ2v) is 4.12. The van der Waals surface area contributed by atoms with Gasteiger partial charge in [0.1, 0.15) is 5.56 Å². The molecule has 1 N–H and O–H groups in total. The van der Waals surface area contributed by atoms with E-state index < -0.39 is 5.97 Å². The van der Waals surface area contributed by atoms with Crippen LogP contribution in [-0.4, -0.2) is 31.1 Å². The molecule has 0 aliphatic heterocycles. The van der Waals surface area contributed by atoms with Gasteiger partial charge >= 0.3 is 5.97 Å². The van der Waals surface area contributed by atoms with Gasteiger partial charge in [0.05, 0.1) is 23.1 Å². The van der Waals surface area contributed by atoms with Crippen LogP contribution in [0.3, 0.4) is 0 Å². The van der Waals surface area contributed by atoms with Crippen LogP contribution in [0, 0.1) is 6.92 Å². The topological polar surface area (TPSA) is 80.9 Å². The number of aromatic nitrogens is 4. The van der Waals surface area contributed by atoms with Crippen molar-refractivity contribution in [2.24, 2.45) is 0 Å². The van der Waals surface area contributed by atoms with Gasteiger partial charge in [0.25, 0.3) is 0 Å². The van der Waals surface area contributed by atoms with Crippen LogP contribution in [0.15, 0.2) is 36.7 Å². The molecular formula is C13H10N4O2. The van der Waals surface area contributed by atoms with Crippen LogP contribution >= 0.6 is 0 Å². The Hall–Kier alpha value is -2.76. The molecule has 0 aliphatic carbocycles. The van der Waals surface area contributed by atoms with Crippen molar-refractivity contribution < 1.29 is 9.90 Å². The lowest BCUT2D eigenvalue weighted by Gasteiger charge is -2.04. The maximum Gasteiger partial charge on any atom is 0.339 e. The van der Waals surface area contributed by atoms with E-state index in [2.05, 4.69) is 15.3 Å². The van der Waals surface area contributed by atoms with Crippen molar-refractivity contribution in [3.63, 3.8) is 0 Å². The summed E-state index contributed by atoms with van der Waals surface area (Å²) in [5, 5.41) is 22.1. The van der Waals surface area contributed by atoms with Crippen molar-refractivity contribution in [2.45, 2.75) is 6.92 Å². The summed E-state index contributed by atoms with van der Waals surface area (Å²) in [5.41, 5.74) is 2.10. The molecule has 0 amide bonds. The first-order valence-corrected chi connectivity index (χ1v) is 5.67. The minimum absolute atomic E-state index is 0.181. The van der Waals surface area contributed by atoms with Crippen molar-refractivity contribution in [2.75, 3.05) is 0 Å². The molecule has 6 nitrogen and oxygen atoms in total. The molecule has 0 aliphatic rings. The molecule has 0 radical (unpaired) electrons. The van der Waals surface area contributed by atoms with Gasteiger partial charge in [-0.15, -0.1) is 0 Å². The minimum atomic E-state index is -0.991. The van der Waals surface area contributed by atoms with Gasteiger partial charge in [-0.2, -0.15) is 15.3 Å². The summed E-state index contributed by atoms with van der Waals surface area (Å²) in [6, 6.07) is 7.51. The number of aryl methyl sites for hydroxylation is 1. The Labute approximate surface area is 108 Å². The molecule has 2 heterocycles. The second kappa shape index (κ2) is 4.16. The van der Waals surface area contributed by atoms with Gasteiger partial charge in [-0.3, -0.25) is 0 Å². The zero-order valence-corrected chi connectivity index (χ0v) is 10.1. The summed E-state index contributed by atoms with van der Waals surface area (Å²) in [5.74, 6) is -0.991. The predicted octanol–water partition coefficient (Wildman–Crippen LogP) is 1.82. The van der Waals surface area contributed by atoms with Crippen molar-refractivity contribution in [1.82, 2.24) is 20.0 Å². The number of carboxylic acids is 1. The monoisotopic (exact) mass is 254 g/mol. The van der Waals surface area contributed by atoms with E-state index in [0.29, 0.717) is 11.4 Å². The lowest BCUT2D eigenvalue weighted by atomic mass is 10.2. The number of rotatable bonds is 2. The molecule has 94 valence electrons. The Morgan fingerprint density at radius 3 is 2.84 bits per heavy atom. The van der Waals surface area contributed by atoms with Gasteiger partial charge in [-0.25, -0.2) is 9.48 Å². The third-order valence-corrected chi connectivity index (χ3v) is 2.90. The highest BCUT2D eigenvalue weighted by molar-refractivity contribution is 5.89. The summed E-state index contributed by atoms with van der Waals surface area (Å²) < 4.78 is 1.52. The van der Waals surface area contributed by atoms with Crippen LogP contribution in [0.1, 0.15) is 16.1 Å². The van der Waals surface area contributed by atoms with Gasteiger partial charge in [-0.05, 0) is 13.0 Å². The molecule has 19 heavy (non-hydrogen) atoms. The van der Waals surface area contributed by atoms with Gasteiger partial charge in [0.2, 0.25) is 0 Å². The van der Waals surface area contributed by atoms with Crippen molar-refractivity contribution in [3.8, 4) is 5.69 Å². The lowest BCUT2D eigenvalue weighted by molar-refractivity contribution is 0.0696. The molecule has 0 atom stereocenters. The minimum Gasteiger partial charge on any atom is -0.478 e. The lowest BCUT2D eigenvalue weighted by Crippen LogP contribution is -1.99. The van der Waals surface area contributed by atoms with E-state index in [9.17, 15) is 4.79 Å². The van der Waals surface area contributed by atoms with E-state index in [1.165, 1.54) is 10.9 Å². The summed E-state index contributed by atoms with van der Waals surface area (Å²) in [7, 11) is 0. The van der Waals surface area contributed by atoms with Crippen LogP contribution in [-0.2, 0) is 0 Å². The van der Waals surface area contributed by atoms with Crippen molar-refractivity contribution in [3.05, 3.63) is 47.9 Å². The molecule has 3 aromatic rings. The van der Waals surface area contributed by atoms with E-state index >= 15 is 0 Å². The highest BCUT2D eigenvalue weighted by Crippen LogP contribution is 2.19. The van der Waals surface area contributed by atoms with Gasteiger partial charge < -0.3 is 5.11 Å². The van der Waals surface area contributed by atoms with Crippen LogP contribution in [0.25, 0.3) is 16.6 Å². The first-order chi connectivity index (χ1) is 9.16. The van der Waals surface area contributed by atoms with E-state index in [-0.39, 0.29) is 5.56 Å². The van der Waals surface area contributed by atoms with Crippen molar-refractivity contribution >= 4 is 16.9 Å². The summed E-state index contributed by atoms with van der Waals surface area (Å²) >= 11 is 0. The third-order valence-electron chi connectivity index (χ3n) is 2.90. The Morgan fingerprint density at radius 2 is 2.11 bits per heavy atom. The maximum absolute atomic E-state index is 11.0.